The van der Waals surface area contributed by atoms with Crippen LogP contribution in [0.25, 0.3) is 11.0 Å². The highest BCUT2D eigenvalue weighted by Crippen LogP contribution is 2.30. The Labute approximate surface area is 112 Å². The number of imidazole rings is 1. The minimum Gasteiger partial charge on any atom is -0.459 e. The molecular weight excluding hydrogens is 238 g/mol. The van der Waals surface area contributed by atoms with Gasteiger partial charge in [-0.3, -0.25) is 4.57 Å². The standard InChI is InChI=1S/C15H19N3O/c1-2-3-4-5-6-12-10-18-14-8-7-11(16)9-13(14)17-15(18)19-12/h2,7-9,12H,1,3-6,10,16H2. The molecule has 2 aromatic rings. The molecule has 100 valence electrons. The molecule has 0 aliphatic carbocycles. The van der Waals surface area contributed by atoms with Crippen LogP contribution in [0.3, 0.4) is 0 Å². The predicted molar refractivity (Wildman–Crippen MR) is 77.2 cm³/mol. The molecule has 0 radical (unpaired) electrons. The van der Waals surface area contributed by atoms with Crippen LogP contribution in [0.4, 0.5) is 5.69 Å². The molecule has 0 amide bonds. The number of aromatic nitrogens is 2. The molecule has 0 fully saturated rings. The smallest absolute Gasteiger partial charge is 0.297 e. The molecular formula is C15H19N3O. The normalized spacial score (nSPS) is 17.4. The van der Waals surface area contributed by atoms with Crippen molar-refractivity contribution in [2.45, 2.75) is 38.3 Å². The van der Waals surface area contributed by atoms with Gasteiger partial charge in [-0.05, 0) is 43.9 Å². The van der Waals surface area contributed by atoms with Gasteiger partial charge in [0.2, 0.25) is 0 Å². The van der Waals surface area contributed by atoms with Crippen molar-refractivity contribution in [2.75, 3.05) is 5.73 Å². The highest BCUT2D eigenvalue weighted by atomic mass is 16.5. The molecule has 0 spiro atoms. The lowest BCUT2D eigenvalue weighted by atomic mass is 10.1. The molecule has 2 heterocycles. The van der Waals surface area contributed by atoms with Crippen molar-refractivity contribution in [3.05, 3.63) is 30.9 Å². The summed E-state index contributed by atoms with van der Waals surface area (Å²) in [4.78, 5) is 4.49. The van der Waals surface area contributed by atoms with Gasteiger partial charge in [0.1, 0.15) is 6.10 Å². The molecule has 4 heteroatoms. The number of ether oxygens (including phenoxy) is 1. The molecule has 1 atom stereocenters. The number of nitrogens with two attached hydrogens (primary N) is 1. The molecule has 19 heavy (non-hydrogen) atoms. The van der Waals surface area contributed by atoms with Crippen molar-refractivity contribution in [2.24, 2.45) is 0 Å². The molecule has 1 aromatic carbocycles. The van der Waals surface area contributed by atoms with Gasteiger partial charge in [-0.15, -0.1) is 6.58 Å². The van der Waals surface area contributed by atoms with E-state index in [1.54, 1.807) is 0 Å². The molecule has 0 saturated heterocycles. The lowest BCUT2D eigenvalue weighted by molar-refractivity contribution is 0.210. The van der Waals surface area contributed by atoms with Crippen LogP contribution in [-0.2, 0) is 6.54 Å². The van der Waals surface area contributed by atoms with E-state index in [0.29, 0.717) is 0 Å². The third-order valence-corrected chi connectivity index (χ3v) is 3.58. The summed E-state index contributed by atoms with van der Waals surface area (Å²) in [6, 6.07) is 6.55. The van der Waals surface area contributed by atoms with Crippen LogP contribution in [0, 0.1) is 0 Å². The molecule has 1 unspecified atom stereocenters. The molecule has 2 N–H and O–H groups in total. The molecule has 3 rings (SSSR count). The number of nitrogens with zero attached hydrogens (tertiary/aromatic N) is 2. The number of rotatable bonds is 5. The zero-order valence-corrected chi connectivity index (χ0v) is 11.0. The van der Waals surface area contributed by atoms with Crippen LogP contribution in [0.15, 0.2) is 30.9 Å². The number of hydrogen-bond acceptors (Lipinski definition) is 3. The first-order valence-electron chi connectivity index (χ1n) is 6.81. The van der Waals surface area contributed by atoms with Gasteiger partial charge in [0.25, 0.3) is 6.01 Å². The molecule has 0 saturated carbocycles. The number of allylic oxidation sites excluding steroid dienone is 1. The van der Waals surface area contributed by atoms with Crippen molar-refractivity contribution in [1.29, 1.82) is 0 Å². The lowest BCUT2D eigenvalue weighted by Crippen LogP contribution is -2.14. The first-order chi connectivity index (χ1) is 9.28. The van der Waals surface area contributed by atoms with Crippen molar-refractivity contribution in [3.63, 3.8) is 0 Å². The largest absolute Gasteiger partial charge is 0.459 e. The lowest BCUT2D eigenvalue weighted by Gasteiger charge is -2.08. The van der Waals surface area contributed by atoms with Gasteiger partial charge in [0, 0.05) is 5.69 Å². The fourth-order valence-corrected chi connectivity index (χ4v) is 2.59. The Balaban J connectivity index is 1.69. The summed E-state index contributed by atoms with van der Waals surface area (Å²) < 4.78 is 8.04. The minimum atomic E-state index is 0.259. The Hall–Kier alpha value is -1.97. The Bertz CT molecular complexity index is 603. The third-order valence-electron chi connectivity index (χ3n) is 3.58. The number of unbranched alkanes of at least 4 members (excludes halogenated alkanes) is 2. The van der Waals surface area contributed by atoms with Crippen LogP contribution in [0.5, 0.6) is 6.01 Å². The maximum atomic E-state index is 5.90. The van der Waals surface area contributed by atoms with Crippen LogP contribution in [0.1, 0.15) is 25.7 Å². The molecule has 1 aromatic heterocycles. The van der Waals surface area contributed by atoms with E-state index in [1.165, 1.54) is 12.8 Å². The summed E-state index contributed by atoms with van der Waals surface area (Å²) in [6.45, 7) is 4.63. The fourth-order valence-electron chi connectivity index (χ4n) is 2.59. The predicted octanol–water partition coefficient (Wildman–Crippen LogP) is 3.13. The second-order valence-corrected chi connectivity index (χ2v) is 5.07. The van der Waals surface area contributed by atoms with Gasteiger partial charge in [-0.1, -0.05) is 6.08 Å². The van der Waals surface area contributed by atoms with Gasteiger partial charge in [0.15, 0.2) is 0 Å². The van der Waals surface area contributed by atoms with Crippen molar-refractivity contribution < 1.29 is 4.74 Å². The molecule has 1 aliphatic rings. The van der Waals surface area contributed by atoms with E-state index in [0.717, 1.165) is 42.1 Å². The number of fused-ring (bicyclic) bond motifs is 3. The van der Waals surface area contributed by atoms with Crippen molar-refractivity contribution in [3.8, 4) is 6.01 Å². The van der Waals surface area contributed by atoms with Crippen LogP contribution >= 0.6 is 0 Å². The van der Waals surface area contributed by atoms with Gasteiger partial charge in [-0.25, -0.2) is 0 Å². The van der Waals surface area contributed by atoms with Crippen molar-refractivity contribution in [1.82, 2.24) is 9.55 Å². The second kappa shape index (κ2) is 4.96. The maximum Gasteiger partial charge on any atom is 0.297 e. The molecule has 4 nitrogen and oxygen atoms in total. The third kappa shape index (κ3) is 2.30. The topological polar surface area (TPSA) is 53.1 Å². The van der Waals surface area contributed by atoms with E-state index in [4.69, 9.17) is 10.5 Å². The maximum absolute atomic E-state index is 5.90. The van der Waals surface area contributed by atoms with Gasteiger partial charge in [0.05, 0.1) is 17.6 Å². The second-order valence-electron chi connectivity index (χ2n) is 5.07. The average Bonchev–Trinajstić information content (AvgIpc) is 2.91. The summed E-state index contributed by atoms with van der Waals surface area (Å²) in [5.41, 5.74) is 8.53. The van der Waals surface area contributed by atoms with E-state index in [-0.39, 0.29) is 6.10 Å². The van der Waals surface area contributed by atoms with Gasteiger partial charge >= 0.3 is 0 Å². The quantitative estimate of drug-likeness (QED) is 0.508. The first-order valence-corrected chi connectivity index (χ1v) is 6.81. The number of benzene rings is 1. The van der Waals surface area contributed by atoms with E-state index in [1.807, 2.05) is 24.3 Å². The van der Waals surface area contributed by atoms with E-state index in [9.17, 15) is 0 Å². The molecule has 1 aliphatic heterocycles. The zero-order chi connectivity index (χ0) is 13.2. The first kappa shape index (κ1) is 12.1. The summed E-state index contributed by atoms with van der Waals surface area (Å²) in [5.74, 6) is 0. The SMILES string of the molecule is C=CCCCCC1Cn2c(nc3cc(N)ccc32)O1. The number of nitrogen functional groups attached to an aromatic ring is 1. The van der Waals surface area contributed by atoms with Crippen LogP contribution in [-0.4, -0.2) is 15.7 Å². The van der Waals surface area contributed by atoms with Crippen molar-refractivity contribution >= 4 is 16.7 Å². The van der Waals surface area contributed by atoms with Gasteiger partial charge in [-0.2, -0.15) is 4.98 Å². The minimum absolute atomic E-state index is 0.259. The monoisotopic (exact) mass is 257 g/mol. The van der Waals surface area contributed by atoms with E-state index >= 15 is 0 Å². The Morgan fingerprint density at radius 3 is 3.21 bits per heavy atom. The average molecular weight is 257 g/mol. The van der Waals surface area contributed by atoms with E-state index in [2.05, 4.69) is 16.1 Å². The zero-order valence-electron chi connectivity index (χ0n) is 11.0. The Kier molecular flexibility index (Phi) is 3.15. The highest BCUT2D eigenvalue weighted by Gasteiger charge is 2.25. The summed E-state index contributed by atoms with van der Waals surface area (Å²) >= 11 is 0. The van der Waals surface area contributed by atoms with Gasteiger partial charge < -0.3 is 10.5 Å². The Morgan fingerprint density at radius 1 is 1.47 bits per heavy atom. The molecule has 0 bridgehead atoms. The van der Waals surface area contributed by atoms with Crippen LogP contribution < -0.4 is 10.5 Å². The highest BCUT2D eigenvalue weighted by molar-refractivity contribution is 5.80. The summed E-state index contributed by atoms with van der Waals surface area (Å²) in [5, 5.41) is 0. The summed E-state index contributed by atoms with van der Waals surface area (Å²) in [7, 11) is 0. The number of hydrogen-bond donors (Lipinski definition) is 1. The van der Waals surface area contributed by atoms with Crippen LogP contribution in [0.2, 0.25) is 0 Å². The summed E-state index contributed by atoms with van der Waals surface area (Å²) in [6.07, 6.45) is 6.75. The van der Waals surface area contributed by atoms with E-state index < -0.39 is 0 Å². The fraction of sp³-hybridized carbons (Fsp3) is 0.400. The number of anilines is 1. The Morgan fingerprint density at radius 2 is 2.37 bits per heavy atom.